The van der Waals surface area contributed by atoms with Crippen molar-refractivity contribution in [1.29, 1.82) is 0 Å². The van der Waals surface area contributed by atoms with E-state index >= 15 is 0 Å². The first-order valence-corrected chi connectivity index (χ1v) is 8.72. The SMILES string of the molecule is COc1c(C)c(C)c2c(c1C)c1ccccc1n2Cc1ccccc1. The van der Waals surface area contributed by atoms with Gasteiger partial charge in [0, 0.05) is 28.4 Å². The van der Waals surface area contributed by atoms with Crippen LogP contribution in [0.5, 0.6) is 5.75 Å². The first kappa shape index (κ1) is 15.8. The van der Waals surface area contributed by atoms with Crippen LogP contribution >= 0.6 is 0 Å². The Bertz CT molecular complexity index is 1070. The number of aromatic nitrogens is 1. The van der Waals surface area contributed by atoms with Crippen molar-refractivity contribution in [3.05, 3.63) is 76.9 Å². The van der Waals surface area contributed by atoms with E-state index in [-0.39, 0.29) is 0 Å². The Hall–Kier alpha value is -2.74. The number of ether oxygens (including phenoxy) is 1. The number of fused-ring (bicyclic) bond motifs is 3. The summed E-state index contributed by atoms with van der Waals surface area (Å²) >= 11 is 0. The van der Waals surface area contributed by atoms with Crippen molar-refractivity contribution in [3.8, 4) is 5.75 Å². The minimum atomic E-state index is 0.872. The maximum absolute atomic E-state index is 5.73. The van der Waals surface area contributed by atoms with E-state index in [4.69, 9.17) is 4.74 Å². The summed E-state index contributed by atoms with van der Waals surface area (Å²) in [6.07, 6.45) is 0. The number of methoxy groups -OCH3 is 1. The van der Waals surface area contributed by atoms with Gasteiger partial charge in [-0.25, -0.2) is 0 Å². The van der Waals surface area contributed by atoms with Crippen LogP contribution in [0.1, 0.15) is 22.3 Å². The summed E-state index contributed by atoms with van der Waals surface area (Å²) in [6, 6.07) is 19.4. The lowest BCUT2D eigenvalue weighted by Gasteiger charge is -2.16. The molecule has 2 heteroatoms. The van der Waals surface area contributed by atoms with Gasteiger partial charge in [0.2, 0.25) is 0 Å². The maximum atomic E-state index is 5.73. The molecule has 4 aromatic rings. The van der Waals surface area contributed by atoms with E-state index in [0.29, 0.717) is 0 Å². The molecule has 0 aliphatic rings. The van der Waals surface area contributed by atoms with Crippen molar-refractivity contribution in [2.75, 3.05) is 7.11 Å². The van der Waals surface area contributed by atoms with Crippen LogP contribution in [0.3, 0.4) is 0 Å². The second-order valence-corrected chi connectivity index (χ2v) is 6.72. The topological polar surface area (TPSA) is 14.2 Å². The minimum absolute atomic E-state index is 0.872. The van der Waals surface area contributed by atoms with Gasteiger partial charge in [-0.05, 0) is 43.5 Å². The van der Waals surface area contributed by atoms with Gasteiger partial charge in [-0.1, -0.05) is 48.5 Å². The molecular weight excluding hydrogens is 306 g/mol. The summed E-state index contributed by atoms with van der Waals surface area (Å²) in [5.74, 6) is 1.01. The van der Waals surface area contributed by atoms with Gasteiger partial charge in [0.05, 0.1) is 12.6 Å². The Kier molecular flexibility index (Phi) is 3.76. The van der Waals surface area contributed by atoms with Gasteiger partial charge >= 0.3 is 0 Å². The average molecular weight is 329 g/mol. The van der Waals surface area contributed by atoms with Gasteiger partial charge in [-0.2, -0.15) is 0 Å². The Morgan fingerprint density at radius 1 is 0.800 bits per heavy atom. The summed E-state index contributed by atoms with van der Waals surface area (Å²) in [7, 11) is 1.77. The highest BCUT2D eigenvalue weighted by atomic mass is 16.5. The van der Waals surface area contributed by atoms with E-state index in [2.05, 4.69) is 79.9 Å². The molecule has 0 radical (unpaired) electrons. The molecule has 0 spiro atoms. The van der Waals surface area contributed by atoms with Gasteiger partial charge in [0.1, 0.15) is 5.75 Å². The summed E-state index contributed by atoms with van der Waals surface area (Å²) in [6.45, 7) is 7.41. The van der Waals surface area contributed by atoms with Crippen LogP contribution in [-0.4, -0.2) is 11.7 Å². The second kappa shape index (κ2) is 5.96. The van der Waals surface area contributed by atoms with E-state index in [9.17, 15) is 0 Å². The van der Waals surface area contributed by atoms with E-state index in [1.807, 2.05) is 0 Å². The number of aryl methyl sites for hydroxylation is 2. The summed E-state index contributed by atoms with van der Waals surface area (Å²) < 4.78 is 8.19. The standard InChI is InChI=1S/C23H23NO/c1-15-16(2)23(25-4)17(3)21-19-12-8-9-13-20(19)24(22(15)21)14-18-10-6-5-7-11-18/h5-13H,14H2,1-4H3. The molecule has 3 aromatic carbocycles. The number of hydrogen-bond donors (Lipinski definition) is 0. The normalized spacial score (nSPS) is 11.4. The van der Waals surface area contributed by atoms with Crippen LogP contribution in [0, 0.1) is 20.8 Å². The minimum Gasteiger partial charge on any atom is -0.496 e. The molecule has 126 valence electrons. The fourth-order valence-corrected chi connectivity index (χ4v) is 4.05. The molecule has 0 saturated heterocycles. The van der Waals surface area contributed by atoms with Crippen LogP contribution in [0.2, 0.25) is 0 Å². The third kappa shape index (κ3) is 2.32. The van der Waals surface area contributed by atoms with Crippen LogP contribution in [0.25, 0.3) is 21.8 Å². The Labute approximate surface area is 148 Å². The average Bonchev–Trinajstić information content (AvgIpc) is 2.96. The van der Waals surface area contributed by atoms with E-state index < -0.39 is 0 Å². The number of rotatable bonds is 3. The monoisotopic (exact) mass is 329 g/mol. The van der Waals surface area contributed by atoms with Gasteiger partial charge in [-0.15, -0.1) is 0 Å². The molecule has 0 saturated carbocycles. The first-order chi connectivity index (χ1) is 12.1. The zero-order chi connectivity index (χ0) is 17.6. The molecule has 0 aliphatic heterocycles. The lowest BCUT2D eigenvalue weighted by Crippen LogP contribution is -2.02. The third-order valence-corrected chi connectivity index (χ3v) is 5.33. The van der Waals surface area contributed by atoms with Gasteiger partial charge in [0.25, 0.3) is 0 Å². The largest absolute Gasteiger partial charge is 0.496 e. The van der Waals surface area contributed by atoms with Crippen molar-refractivity contribution in [1.82, 2.24) is 4.57 Å². The molecule has 0 bridgehead atoms. The molecule has 4 rings (SSSR count). The van der Waals surface area contributed by atoms with Gasteiger partial charge < -0.3 is 9.30 Å². The molecule has 0 aliphatic carbocycles. The van der Waals surface area contributed by atoms with Crippen molar-refractivity contribution in [2.45, 2.75) is 27.3 Å². The summed E-state index contributed by atoms with van der Waals surface area (Å²) in [5.41, 5.74) is 7.66. The molecule has 0 N–H and O–H groups in total. The van der Waals surface area contributed by atoms with Crippen molar-refractivity contribution in [2.24, 2.45) is 0 Å². The van der Waals surface area contributed by atoms with Gasteiger partial charge in [0.15, 0.2) is 0 Å². The Balaban J connectivity index is 2.13. The third-order valence-electron chi connectivity index (χ3n) is 5.33. The Morgan fingerprint density at radius 3 is 2.20 bits per heavy atom. The predicted octanol–water partition coefficient (Wildman–Crippen LogP) is 5.78. The molecule has 1 aromatic heterocycles. The fourth-order valence-electron chi connectivity index (χ4n) is 4.05. The highest BCUT2D eigenvalue weighted by Crippen LogP contribution is 2.40. The maximum Gasteiger partial charge on any atom is 0.125 e. The van der Waals surface area contributed by atoms with E-state index in [1.54, 1.807) is 7.11 Å². The van der Waals surface area contributed by atoms with Crippen molar-refractivity contribution in [3.63, 3.8) is 0 Å². The molecule has 0 fully saturated rings. The second-order valence-electron chi connectivity index (χ2n) is 6.72. The lowest BCUT2D eigenvalue weighted by atomic mass is 9.98. The number of hydrogen-bond acceptors (Lipinski definition) is 1. The number of nitrogens with zero attached hydrogens (tertiary/aromatic N) is 1. The quantitative estimate of drug-likeness (QED) is 0.465. The zero-order valence-corrected chi connectivity index (χ0v) is 15.3. The molecule has 0 atom stereocenters. The molecule has 0 unspecified atom stereocenters. The Morgan fingerprint density at radius 2 is 1.48 bits per heavy atom. The molecule has 2 nitrogen and oxygen atoms in total. The highest BCUT2D eigenvalue weighted by Gasteiger charge is 2.20. The van der Waals surface area contributed by atoms with Crippen LogP contribution in [-0.2, 0) is 6.54 Å². The molecule has 0 amide bonds. The smallest absolute Gasteiger partial charge is 0.125 e. The summed E-state index contributed by atoms with van der Waals surface area (Å²) in [4.78, 5) is 0. The van der Waals surface area contributed by atoms with Crippen LogP contribution in [0.15, 0.2) is 54.6 Å². The number of benzene rings is 3. The highest BCUT2D eigenvalue weighted by molar-refractivity contribution is 6.12. The predicted molar refractivity (Wildman–Crippen MR) is 106 cm³/mol. The van der Waals surface area contributed by atoms with Crippen LogP contribution in [0.4, 0.5) is 0 Å². The van der Waals surface area contributed by atoms with Crippen LogP contribution < -0.4 is 4.74 Å². The van der Waals surface area contributed by atoms with Crippen molar-refractivity contribution < 1.29 is 4.74 Å². The van der Waals surface area contributed by atoms with E-state index in [0.717, 1.165) is 12.3 Å². The van der Waals surface area contributed by atoms with Gasteiger partial charge in [-0.3, -0.25) is 0 Å². The van der Waals surface area contributed by atoms with E-state index in [1.165, 1.54) is 44.1 Å². The molecular formula is C23H23NO. The fraction of sp³-hybridized carbons (Fsp3) is 0.217. The lowest BCUT2D eigenvalue weighted by molar-refractivity contribution is 0.409. The number of para-hydroxylation sites is 1. The summed E-state index contributed by atoms with van der Waals surface area (Å²) in [5, 5.41) is 2.61. The molecule has 25 heavy (non-hydrogen) atoms. The van der Waals surface area contributed by atoms with Crippen molar-refractivity contribution >= 4 is 21.8 Å². The zero-order valence-electron chi connectivity index (χ0n) is 15.3. The molecule has 1 heterocycles. The first-order valence-electron chi connectivity index (χ1n) is 8.72.